The third-order valence-electron chi connectivity index (χ3n) is 2.52. The van der Waals surface area contributed by atoms with Crippen molar-refractivity contribution in [2.24, 2.45) is 0 Å². The van der Waals surface area contributed by atoms with Crippen LogP contribution in [0.25, 0.3) is 11.1 Å². The highest BCUT2D eigenvalue weighted by Gasteiger charge is 2.09. The van der Waals surface area contributed by atoms with E-state index in [1.54, 1.807) is 0 Å². The van der Waals surface area contributed by atoms with Crippen molar-refractivity contribution < 1.29 is 19.0 Å². The normalized spacial score (nSPS) is 10.5. The molecular formula is C13H10F2O2. The fraction of sp³-hybridized carbons (Fsp3) is 0.0769. The van der Waals surface area contributed by atoms with Gasteiger partial charge in [-0.05, 0) is 42.3 Å². The molecule has 88 valence electrons. The van der Waals surface area contributed by atoms with E-state index in [0.29, 0.717) is 5.56 Å². The molecule has 0 aromatic heterocycles. The number of aromatic hydroxyl groups is 2. The first-order valence-electron chi connectivity index (χ1n) is 4.96. The van der Waals surface area contributed by atoms with Gasteiger partial charge in [0.25, 0.3) is 0 Å². The number of phenols is 2. The molecule has 0 bridgehead atoms. The Kier molecular flexibility index (Phi) is 2.71. The van der Waals surface area contributed by atoms with E-state index >= 15 is 0 Å². The molecule has 0 amide bonds. The van der Waals surface area contributed by atoms with Crippen molar-refractivity contribution in [2.75, 3.05) is 0 Å². The molecule has 2 aromatic carbocycles. The van der Waals surface area contributed by atoms with E-state index in [1.807, 2.05) is 0 Å². The molecule has 0 unspecified atom stereocenters. The molecule has 0 radical (unpaired) electrons. The highest BCUT2D eigenvalue weighted by Crippen LogP contribution is 2.30. The van der Waals surface area contributed by atoms with E-state index in [4.69, 9.17) is 0 Å². The van der Waals surface area contributed by atoms with Crippen LogP contribution in [-0.4, -0.2) is 10.2 Å². The molecule has 2 aromatic rings. The molecule has 0 atom stereocenters. The first-order chi connectivity index (χ1) is 7.97. The number of halogens is 2. The Hall–Kier alpha value is -2.10. The van der Waals surface area contributed by atoms with Crippen LogP contribution in [0.15, 0.2) is 30.3 Å². The summed E-state index contributed by atoms with van der Waals surface area (Å²) in [6.07, 6.45) is 0. The second kappa shape index (κ2) is 4.05. The van der Waals surface area contributed by atoms with Crippen molar-refractivity contribution in [3.63, 3.8) is 0 Å². The van der Waals surface area contributed by atoms with Gasteiger partial charge < -0.3 is 10.2 Å². The van der Waals surface area contributed by atoms with Crippen molar-refractivity contribution in [3.05, 3.63) is 47.5 Å². The van der Waals surface area contributed by atoms with Gasteiger partial charge in [0.1, 0.15) is 23.1 Å². The van der Waals surface area contributed by atoms with Gasteiger partial charge in [0, 0.05) is 11.6 Å². The first kappa shape index (κ1) is 11.4. The van der Waals surface area contributed by atoms with E-state index < -0.39 is 11.6 Å². The summed E-state index contributed by atoms with van der Waals surface area (Å²) in [7, 11) is 0. The van der Waals surface area contributed by atoms with Crippen LogP contribution in [0, 0.1) is 18.6 Å². The lowest BCUT2D eigenvalue weighted by molar-refractivity contribution is 0.451. The summed E-state index contributed by atoms with van der Waals surface area (Å²) in [5, 5.41) is 18.6. The third kappa shape index (κ3) is 2.20. The van der Waals surface area contributed by atoms with E-state index in [0.717, 1.165) is 18.2 Å². The fourth-order valence-corrected chi connectivity index (χ4v) is 1.57. The molecule has 0 aliphatic carbocycles. The summed E-state index contributed by atoms with van der Waals surface area (Å²) in [6, 6.07) is 6.11. The minimum atomic E-state index is -0.664. The number of phenolic OH excluding ortho intramolecular Hbond substituents is 2. The number of hydrogen-bond acceptors (Lipinski definition) is 2. The minimum Gasteiger partial charge on any atom is -0.508 e. The Balaban J connectivity index is 2.60. The van der Waals surface area contributed by atoms with Crippen LogP contribution in [0.1, 0.15) is 5.56 Å². The molecule has 0 saturated carbocycles. The summed E-state index contributed by atoms with van der Waals surface area (Å²) < 4.78 is 26.7. The van der Waals surface area contributed by atoms with Crippen molar-refractivity contribution in [2.45, 2.75) is 6.92 Å². The van der Waals surface area contributed by atoms with Crippen LogP contribution in [0.5, 0.6) is 11.5 Å². The van der Waals surface area contributed by atoms with Crippen LogP contribution in [-0.2, 0) is 0 Å². The average molecular weight is 236 g/mol. The van der Waals surface area contributed by atoms with Gasteiger partial charge in [0.15, 0.2) is 0 Å². The van der Waals surface area contributed by atoms with Crippen molar-refractivity contribution in [1.29, 1.82) is 0 Å². The Morgan fingerprint density at radius 3 is 1.65 bits per heavy atom. The van der Waals surface area contributed by atoms with Gasteiger partial charge in [-0.2, -0.15) is 0 Å². The van der Waals surface area contributed by atoms with Gasteiger partial charge in [0.05, 0.1) is 0 Å². The molecule has 17 heavy (non-hydrogen) atoms. The predicted molar refractivity (Wildman–Crippen MR) is 59.9 cm³/mol. The predicted octanol–water partition coefficient (Wildman–Crippen LogP) is 3.35. The summed E-state index contributed by atoms with van der Waals surface area (Å²) in [6.45, 7) is 1.34. The van der Waals surface area contributed by atoms with Gasteiger partial charge >= 0.3 is 0 Å². The Labute approximate surface area is 96.8 Å². The summed E-state index contributed by atoms with van der Waals surface area (Å²) in [5.41, 5.74) is 0.551. The SMILES string of the molecule is Cc1c(F)cc(-c2cc(O)cc(O)c2)cc1F. The molecule has 2 nitrogen and oxygen atoms in total. The Morgan fingerprint density at radius 2 is 1.18 bits per heavy atom. The molecule has 4 heteroatoms. The quantitative estimate of drug-likeness (QED) is 0.797. The largest absolute Gasteiger partial charge is 0.508 e. The van der Waals surface area contributed by atoms with Crippen LogP contribution < -0.4 is 0 Å². The van der Waals surface area contributed by atoms with Crippen LogP contribution >= 0.6 is 0 Å². The second-order valence-electron chi connectivity index (χ2n) is 3.80. The second-order valence-corrected chi connectivity index (χ2v) is 3.80. The smallest absolute Gasteiger partial charge is 0.129 e. The number of hydrogen-bond donors (Lipinski definition) is 2. The number of rotatable bonds is 1. The highest BCUT2D eigenvalue weighted by atomic mass is 19.1. The fourth-order valence-electron chi connectivity index (χ4n) is 1.57. The molecular weight excluding hydrogens is 226 g/mol. The maximum absolute atomic E-state index is 13.4. The zero-order valence-electron chi connectivity index (χ0n) is 9.04. The zero-order chi connectivity index (χ0) is 12.6. The Bertz CT molecular complexity index is 536. The first-order valence-corrected chi connectivity index (χ1v) is 4.96. The molecule has 0 aliphatic rings. The topological polar surface area (TPSA) is 40.5 Å². The molecule has 2 N–H and O–H groups in total. The summed E-state index contributed by atoms with van der Waals surface area (Å²) in [4.78, 5) is 0. The standard InChI is InChI=1S/C13H10F2O2/c1-7-12(14)4-9(5-13(7)15)8-2-10(16)6-11(17)3-8/h2-6,16-17H,1H3. The summed E-state index contributed by atoms with van der Waals surface area (Å²) in [5.74, 6) is -1.66. The minimum absolute atomic E-state index is 0.0573. The van der Waals surface area contributed by atoms with Gasteiger partial charge in [-0.15, -0.1) is 0 Å². The maximum atomic E-state index is 13.4. The molecule has 2 rings (SSSR count). The molecule has 0 fully saturated rings. The van der Waals surface area contributed by atoms with E-state index in [1.165, 1.54) is 19.1 Å². The van der Waals surface area contributed by atoms with Crippen LogP contribution in [0.4, 0.5) is 8.78 Å². The summed E-state index contributed by atoms with van der Waals surface area (Å²) >= 11 is 0. The van der Waals surface area contributed by atoms with Gasteiger partial charge in [-0.3, -0.25) is 0 Å². The van der Waals surface area contributed by atoms with Crippen LogP contribution in [0.3, 0.4) is 0 Å². The molecule has 0 spiro atoms. The van der Waals surface area contributed by atoms with Crippen molar-refractivity contribution >= 4 is 0 Å². The lowest BCUT2D eigenvalue weighted by Crippen LogP contribution is -1.90. The molecule has 0 aliphatic heterocycles. The maximum Gasteiger partial charge on any atom is 0.129 e. The van der Waals surface area contributed by atoms with Crippen molar-refractivity contribution in [3.8, 4) is 22.6 Å². The van der Waals surface area contributed by atoms with Crippen molar-refractivity contribution in [1.82, 2.24) is 0 Å². The Morgan fingerprint density at radius 1 is 0.765 bits per heavy atom. The number of benzene rings is 2. The average Bonchev–Trinajstić information content (AvgIpc) is 2.23. The monoisotopic (exact) mass is 236 g/mol. The van der Waals surface area contributed by atoms with E-state index in [-0.39, 0.29) is 22.6 Å². The van der Waals surface area contributed by atoms with Crippen LogP contribution in [0.2, 0.25) is 0 Å². The lowest BCUT2D eigenvalue weighted by atomic mass is 10.0. The van der Waals surface area contributed by atoms with E-state index in [9.17, 15) is 19.0 Å². The lowest BCUT2D eigenvalue weighted by Gasteiger charge is -2.06. The van der Waals surface area contributed by atoms with Gasteiger partial charge in [0.2, 0.25) is 0 Å². The zero-order valence-corrected chi connectivity index (χ0v) is 9.04. The third-order valence-corrected chi connectivity index (χ3v) is 2.52. The van der Waals surface area contributed by atoms with Gasteiger partial charge in [-0.1, -0.05) is 0 Å². The van der Waals surface area contributed by atoms with Gasteiger partial charge in [-0.25, -0.2) is 8.78 Å². The molecule has 0 heterocycles. The highest BCUT2D eigenvalue weighted by molar-refractivity contribution is 5.67. The van der Waals surface area contributed by atoms with E-state index in [2.05, 4.69) is 0 Å². The molecule has 0 saturated heterocycles.